The predicted octanol–water partition coefficient (Wildman–Crippen LogP) is 2.74. The lowest BCUT2D eigenvalue weighted by atomic mass is 9.77. The van der Waals surface area contributed by atoms with Gasteiger partial charge < -0.3 is 5.11 Å². The molecule has 1 aromatic heterocycles. The van der Waals surface area contributed by atoms with E-state index in [0.717, 1.165) is 4.68 Å². The number of aliphatic hydroxyl groups excluding tert-OH is 1. The van der Waals surface area contributed by atoms with Gasteiger partial charge in [-0.15, -0.1) is 0 Å². The van der Waals surface area contributed by atoms with E-state index in [2.05, 4.69) is 10.1 Å². The number of rotatable bonds is 2. The monoisotopic (exact) mass is 325 g/mol. The number of benzene rings is 1. The Morgan fingerprint density at radius 1 is 1.25 bits per heavy atom. The Labute approximate surface area is 139 Å². The zero-order valence-corrected chi connectivity index (χ0v) is 13.9. The van der Waals surface area contributed by atoms with Crippen LogP contribution in [0.4, 0.5) is 0 Å². The van der Waals surface area contributed by atoms with Crippen LogP contribution in [0.15, 0.2) is 45.5 Å². The standard InChI is InChI=1S/C18H19N3O3/c1-11-20-14-7-5-4-6-12(14)17(24)21(11)19-10-13-15(22)8-18(2,3)9-16(13)23/h4-7,10,22H,8-9H2,1-3H3/b19-10+. The van der Waals surface area contributed by atoms with E-state index in [4.69, 9.17) is 0 Å². The predicted molar refractivity (Wildman–Crippen MR) is 92.3 cm³/mol. The molecule has 0 saturated heterocycles. The van der Waals surface area contributed by atoms with E-state index >= 15 is 0 Å². The lowest BCUT2D eigenvalue weighted by molar-refractivity contribution is -0.117. The minimum absolute atomic E-state index is 0.0134. The average Bonchev–Trinajstić information content (AvgIpc) is 2.48. The number of hydrogen-bond acceptors (Lipinski definition) is 5. The summed E-state index contributed by atoms with van der Waals surface area (Å²) in [6.07, 6.45) is 2.00. The van der Waals surface area contributed by atoms with Crippen molar-refractivity contribution in [2.24, 2.45) is 10.5 Å². The van der Waals surface area contributed by atoms with Gasteiger partial charge >= 0.3 is 0 Å². The Balaban J connectivity index is 2.06. The van der Waals surface area contributed by atoms with Gasteiger partial charge in [0.25, 0.3) is 5.56 Å². The molecule has 0 saturated carbocycles. The van der Waals surface area contributed by atoms with Crippen molar-refractivity contribution in [3.63, 3.8) is 0 Å². The van der Waals surface area contributed by atoms with Crippen LogP contribution < -0.4 is 5.56 Å². The molecule has 0 amide bonds. The number of nitrogens with zero attached hydrogens (tertiary/aromatic N) is 3. The van der Waals surface area contributed by atoms with Gasteiger partial charge in [0, 0.05) is 12.8 Å². The summed E-state index contributed by atoms with van der Waals surface area (Å²) in [6, 6.07) is 7.02. The third-order valence-electron chi connectivity index (χ3n) is 4.11. The van der Waals surface area contributed by atoms with Crippen molar-refractivity contribution in [1.29, 1.82) is 0 Å². The van der Waals surface area contributed by atoms with Crippen molar-refractivity contribution in [3.05, 3.63) is 51.8 Å². The number of hydrogen-bond donors (Lipinski definition) is 1. The lowest BCUT2D eigenvalue weighted by Crippen LogP contribution is -2.27. The molecule has 0 aliphatic heterocycles. The Bertz CT molecular complexity index is 952. The van der Waals surface area contributed by atoms with Crippen LogP contribution in [0.2, 0.25) is 0 Å². The molecule has 0 spiro atoms. The number of carbonyl (C=O) groups excluding carboxylic acids is 1. The quantitative estimate of drug-likeness (QED) is 0.860. The first-order valence-corrected chi connectivity index (χ1v) is 7.76. The van der Waals surface area contributed by atoms with Crippen LogP contribution >= 0.6 is 0 Å². The van der Waals surface area contributed by atoms with E-state index in [1.54, 1.807) is 25.1 Å². The van der Waals surface area contributed by atoms with E-state index in [9.17, 15) is 14.7 Å². The Morgan fingerprint density at radius 3 is 2.67 bits per heavy atom. The maximum Gasteiger partial charge on any atom is 0.282 e. The summed E-state index contributed by atoms with van der Waals surface area (Å²) in [5, 5.41) is 14.7. The number of carbonyl (C=O) groups is 1. The summed E-state index contributed by atoms with van der Waals surface area (Å²) in [7, 11) is 0. The molecule has 3 rings (SSSR count). The van der Waals surface area contributed by atoms with Crippen molar-refractivity contribution < 1.29 is 9.90 Å². The molecule has 1 heterocycles. The Kier molecular flexibility index (Phi) is 3.83. The number of allylic oxidation sites excluding steroid dienone is 2. The molecule has 1 N–H and O–H groups in total. The van der Waals surface area contributed by atoms with Crippen LogP contribution in [0.3, 0.4) is 0 Å². The minimum atomic E-state index is -0.307. The molecule has 6 heteroatoms. The highest BCUT2D eigenvalue weighted by Gasteiger charge is 2.32. The van der Waals surface area contributed by atoms with E-state index in [1.165, 1.54) is 6.21 Å². The summed E-state index contributed by atoms with van der Waals surface area (Å²) >= 11 is 0. The van der Waals surface area contributed by atoms with Gasteiger partial charge in [-0.1, -0.05) is 26.0 Å². The largest absolute Gasteiger partial charge is 0.511 e. The molecule has 0 fully saturated rings. The van der Waals surface area contributed by atoms with Crippen molar-refractivity contribution >= 4 is 22.9 Å². The molecular weight excluding hydrogens is 306 g/mol. The number of aryl methyl sites for hydroxylation is 1. The molecule has 2 aromatic rings. The van der Waals surface area contributed by atoms with Crippen molar-refractivity contribution in [2.75, 3.05) is 0 Å². The second-order valence-electron chi connectivity index (χ2n) is 6.84. The number of aliphatic hydroxyl groups is 1. The fourth-order valence-electron chi connectivity index (χ4n) is 2.93. The number of fused-ring (bicyclic) bond motifs is 1. The number of ketones is 1. The van der Waals surface area contributed by atoms with Crippen LogP contribution in [0.1, 0.15) is 32.5 Å². The van der Waals surface area contributed by atoms with Gasteiger partial charge in [0.1, 0.15) is 11.6 Å². The second kappa shape index (κ2) is 5.70. The molecule has 0 radical (unpaired) electrons. The van der Waals surface area contributed by atoms with E-state index < -0.39 is 0 Å². The average molecular weight is 325 g/mol. The fourth-order valence-corrected chi connectivity index (χ4v) is 2.93. The highest BCUT2D eigenvalue weighted by Crippen LogP contribution is 2.35. The van der Waals surface area contributed by atoms with Gasteiger partial charge in [-0.2, -0.15) is 9.78 Å². The molecular formula is C18H19N3O3. The van der Waals surface area contributed by atoms with Crippen molar-refractivity contribution in [1.82, 2.24) is 9.66 Å². The van der Waals surface area contributed by atoms with Crippen LogP contribution in [-0.2, 0) is 4.79 Å². The van der Waals surface area contributed by atoms with Gasteiger partial charge in [-0.25, -0.2) is 4.98 Å². The maximum atomic E-state index is 12.5. The van der Waals surface area contributed by atoms with Crippen LogP contribution in [0, 0.1) is 12.3 Å². The zero-order chi connectivity index (χ0) is 17.5. The maximum absolute atomic E-state index is 12.5. The summed E-state index contributed by atoms with van der Waals surface area (Å²) in [6.45, 7) is 5.53. The summed E-state index contributed by atoms with van der Waals surface area (Å²) in [4.78, 5) is 29.1. The molecule has 24 heavy (non-hydrogen) atoms. The van der Waals surface area contributed by atoms with E-state index in [0.29, 0.717) is 29.6 Å². The summed E-state index contributed by atoms with van der Waals surface area (Å²) < 4.78 is 1.15. The number of aromatic nitrogens is 2. The van der Waals surface area contributed by atoms with E-state index in [1.807, 2.05) is 19.9 Å². The highest BCUT2D eigenvalue weighted by molar-refractivity contribution is 6.14. The normalized spacial score (nSPS) is 17.9. The van der Waals surface area contributed by atoms with Crippen LogP contribution in [0.25, 0.3) is 10.9 Å². The minimum Gasteiger partial charge on any atom is -0.511 e. The molecule has 0 atom stereocenters. The van der Waals surface area contributed by atoms with Gasteiger partial charge in [-0.05, 0) is 24.5 Å². The summed E-state index contributed by atoms with van der Waals surface area (Å²) in [5.41, 5.74) is 0.186. The van der Waals surface area contributed by atoms with E-state index in [-0.39, 0.29) is 28.1 Å². The zero-order valence-electron chi connectivity index (χ0n) is 13.9. The highest BCUT2D eigenvalue weighted by atomic mass is 16.3. The topological polar surface area (TPSA) is 84.6 Å². The Morgan fingerprint density at radius 2 is 1.96 bits per heavy atom. The van der Waals surface area contributed by atoms with Crippen molar-refractivity contribution in [2.45, 2.75) is 33.6 Å². The first-order chi connectivity index (χ1) is 11.3. The van der Waals surface area contributed by atoms with Crippen LogP contribution in [0.5, 0.6) is 0 Å². The Hall–Kier alpha value is -2.76. The smallest absolute Gasteiger partial charge is 0.282 e. The fraction of sp³-hybridized carbons (Fsp3) is 0.333. The van der Waals surface area contributed by atoms with Crippen molar-refractivity contribution in [3.8, 4) is 0 Å². The molecule has 0 bridgehead atoms. The first-order valence-electron chi connectivity index (χ1n) is 7.76. The molecule has 1 aromatic carbocycles. The molecule has 6 nitrogen and oxygen atoms in total. The second-order valence-corrected chi connectivity index (χ2v) is 6.84. The third-order valence-corrected chi connectivity index (χ3v) is 4.11. The molecule has 1 aliphatic rings. The number of Topliss-reactive ketones (excluding diaryl/α,β-unsaturated/α-hetero) is 1. The number of para-hydroxylation sites is 1. The van der Waals surface area contributed by atoms with Gasteiger partial charge in [0.15, 0.2) is 5.78 Å². The molecule has 1 aliphatic carbocycles. The van der Waals surface area contributed by atoms with Gasteiger partial charge in [-0.3, -0.25) is 9.59 Å². The SMILES string of the molecule is Cc1nc2ccccc2c(=O)n1/N=C/C1=C(O)CC(C)(C)CC1=O. The molecule has 0 unspecified atom stereocenters. The van der Waals surface area contributed by atoms with Gasteiger partial charge in [0.05, 0.1) is 22.7 Å². The van der Waals surface area contributed by atoms with Gasteiger partial charge in [0.2, 0.25) is 0 Å². The third kappa shape index (κ3) is 2.87. The van der Waals surface area contributed by atoms with Crippen LogP contribution in [-0.4, -0.2) is 26.8 Å². The first kappa shape index (κ1) is 16.1. The summed E-state index contributed by atoms with van der Waals surface area (Å²) in [5.74, 6) is 0.255. The molecule has 124 valence electrons. The lowest BCUT2D eigenvalue weighted by Gasteiger charge is -2.28.